The van der Waals surface area contributed by atoms with E-state index in [1.54, 1.807) is 37.1 Å². The average Bonchev–Trinajstić information content (AvgIpc) is 2.44. The highest BCUT2D eigenvalue weighted by Gasteiger charge is 2.17. The van der Waals surface area contributed by atoms with E-state index in [1.165, 1.54) is 6.07 Å². The van der Waals surface area contributed by atoms with Gasteiger partial charge < -0.3 is 4.90 Å². The van der Waals surface area contributed by atoms with Crippen LogP contribution in [0.4, 0.5) is 4.39 Å². The molecule has 4 heteroatoms. The van der Waals surface area contributed by atoms with Gasteiger partial charge in [0, 0.05) is 24.7 Å². The van der Waals surface area contributed by atoms with E-state index in [-0.39, 0.29) is 11.4 Å². The van der Waals surface area contributed by atoms with Gasteiger partial charge in [0.2, 0.25) is 0 Å². The number of fused-ring (bicyclic) bond motifs is 1. The van der Waals surface area contributed by atoms with Crippen LogP contribution in [0.3, 0.4) is 0 Å². The summed E-state index contributed by atoms with van der Waals surface area (Å²) in [5.74, 6) is -0.476. The molecular formula is C16H19FN2O. The van der Waals surface area contributed by atoms with Gasteiger partial charge in [0.15, 0.2) is 0 Å². The van der Waals surface area contributed by atoms with Crippen molar-refractivity contribution in [3.63, 3.8) is 0 Å². The van der Waals surface area contributed by atoms with Gasteiger partial charge >= 0.3 is 0 Å². The minimum atomic E-state index is -0.392. The zero-order chi connectivity index (χ0) is 14.7. The molecule has 20 heavy (non-hydrogen) atoms. The second kappa shape index (κ2) is 5.99. The molecule has 0 atom stereocenters. The van der Waals surface area contributed by atoms with E-state index in [9.17, 15) is 9.18 Å². The number of halogens is 1. The molecule has 0 bridgehead atoms. The maximum atomic E-state index is 13.8. The maximum absolute atomic E-state index is 13.8. The van der Waals surface area contributed by atoms with Crippen molar-refractivity contribution in [2.75, 3.05) is 13.6 Å². The summed E-state index contributed by atoms with van der Waals surface area (Å²) in [5, 5.41) is 0.573. The first kappa shape index (κ1) is 14.4. The SMILES string of the molecule is CCCCN(C)C(=O)c1cc(C)nc2c(F)cccc12. The second-order valence-corrected chi connectivity index (χ2v) is 5.03. The second-order valence-electron chi connectivity index (χ2n) is 5.03. The van der Waals surface area contributed by atoms with Crippen LogP contribution in [0, 0.1) is 12.7 Å². The van der Waals surface area contributed by atoms with Gasteiger partial charge in [0.1, 0.15) is 11.3 Å². The van der Waals surface area contributed by atoms with Crippen molar-refractivity contribution in [3.8, 4) is 0 Å². The molecule has 0 N–H and O–H groups in total. The van der Waals surface area contributed by atoms with Crippen molar-refractivity contribution in [3.05, 3.63) is 41.3 Å². The van der Waals surface area contributed by atoms with Gasteiger partial charge in [-0.3, -0.25) is 4.79 Å². The number of rotatable bonds is 4. The van der Waals surface area contributed by atoms with Crippen LogP contribution >= 0.6 is 0 Å². The Bertz CT molecular complexity index is 640. The summed E-state index contributed by atoms with van der Waals surface area (Å²) in [4.78, 5) is 18.4. The van der Waals surface area contributed by atoms with Crippen molar-refractivity contribution in [2.45, 2.75) is 26.7 Å². The number of nitrogens with zero attached hydrogens (tertiary/aromatic N) is 2. The summed E-state index contributed by atoms with van der Waals surface area (Å²) >= 11 is 0. The normalized spacial score (nSPS) is 10.8. The topological polar surface area (TPSA) is 33.2 Å². The van der Waals surface area contributed by atoms with Gasteiger partial charge in [-0.25, -0.2) is 9.37 Å². The molecule has 0 radical (unpaired) electrons. The molecule has 2 rings (SSSR count). The fraction of sp³-hybridized carbons (Fsp3) is 0.375. The summed E-state index contributed by atoms with van der Waals surface area (Å²) < 4.78 is 13.8. The molecule has 1 aromatic heterocycles. The molecule has 0 unspecified atom stereocenters. The minimum absolute atomic E-state index is 0.0837. The molecule has 0 saturated heterocycles. The predicted molar refractivity (Wildman–Crippen MR) is 78.3 cm³/mol. The minimum Gasteiger partial charge on any atom is -0.342 e. The van der Waals surface area contributed by atoms with Crippen molar-refractivity contribution in [1.82, 2.24) is 9.88 Å². The Balaban J connectivity index is 2.48. The monoisotopic (exact) mass is 274 g/mol. The third kappa shape index (κ3) is 2.79. The molecule has 1 heterocycles. The predicted octanol–water partition coefficient (Wildman–Crippen LogP) is 3.55. The van der Waals surface area contributed by atoms with Crippen molar-refractivity contribution >= 4 is 16.8 Å². The number of carbonyl (C=O) groups is 1. The fourth-order valence-corrected chi connectivity index (χ4v) is 2.22. The highest BCUT2D eigenvalue weighted by Crippen LogP contribution is 2.22. The van der Waals surface area contributed by atoms with Crippen LogP contribution in [-0.4, -0.2) is 29.4 Å². The van der Waals surface area contributed by atoms with Crippen molar-refractivity contribution < 1.29 is 9.18 Å². The van der Waals surface area contributed by atoms with Gasteiger partial charge in [0.05, 0.1) is 5.56 Å². The molecule has 1 amide bonds. The lowest BCUT2D eigenvalue weighted by Crippen LogP contribution is -2.28. The molecule has 1 aromatic carbocycles. The Morgan fingerprint density at radius 2 is 2.15 bits per heavy atom. The van der Waals surface area contributed by atoms with Crippen molar-refractivity contribution in [1.29, 1.82) is 0 Å². The summed E-state index contributed by atoms with van der Waals surface area (Å²) in [7, 11) is 1.78. The average molecular weight is 274 g/mol. The molecule has 0 aliphatic carbocycles. The first-order valence-electron chi connectivity index (χ1n) is 6.86. The molecule has 0 aliphatic heterocycles. The van der Waals surface area contributed by atoms with Crippen LogP contribution in [0.25, 0.3) is 10.9 Å². The number of unbranched alkanes of at least 4 members (excludes halogenated alkanes) is 1. The lowest BCUT2D eigenvalue weighted by atomic mass is 10.1. The highest BCUT2D eigenvalue weighted by molar-refractivity contribution is 6.06. The van der Waals surface area contributed by atoms with E-state index >= 15 is 0 Å². The molecule has 0 saturated carbocycles. The number of para-hydroxylation sites is 1. The molecule has 0 spiro atoms. The Kier molecular flexibility index (Phi) is 4.32. The fourth-order valence-electron chi connectivity index (χ4n) is 2.22. The van der Waals surface area contributed by atoms with Gasteiger partial charge in [0.25, 0.3) is 5.91 Å². The zero-order valence-electron chi connectivity index (χ0n) is 12.1. The summed E-state index contributed by atoms with van der Waals surface area (Å²) in [5.41, 5.74) is 1.43. The quantitative estimate of drug-likeness (QED) is 0.854. The first-order valence-corrected chi connectivity index (χ1v) is 6.86. The zero-order valence-corrected chi connectivity index (χ0v) is 12.1. The maximum Gasteiger partial charge on any atom is 0.254 e. The first-order chi connectivity index (χ1) is 9.54. The number of hydrogen-bond donors (Lipinski definition) is 0. The number of aromatic nitrogens is 1. The number of pyridine rings is 1. The van der Waals surface area contributed by atoms with E-state index in [0.29, 0.717) is 23.2 Å². The molecule has 3 nitrogen and oxygen atoms in total. The molecule has 0 aliphatic rings. The molecule has 2 aromatic rings. The Morgan fingerprint density at radius 3 is 2.85 bits per heavy atom. The number of amides is 1. The van der Waals surface area contributed by atoms with Crippen LogP contribution in [0.15, 0.2) is 24.3 Å². The largest absolute Gasteiger partial charge is 0.342 e. The Morgan fingerprint density at radius 1 is 1.40 bits per heavy atom. The smallest absolute Gasteiger partial charge is 0.254 e. The lowest BCUT2D eigenvalue weighted by molar-refractivity contribution is 0.0795. The van der Waals surface area contributed by atoms with Crippen LogP contribution in [0.5, 0.6) is 0 Å². The number of carbonyl (C=O) groups excluding carboxylic acids is 1. The summed E-state index contributed by atoms with van der Waals surface area (Å²) in [6.07, 6.45) is 1.99. The van der Waals surface area contributed by atoms with E-state index in [2.05, 4.69) is 11.9 Å². The lowest BCUT2D eigenvalue weighted by Gasteiger charge is -2.18. The number of benzene rings is 1. The van der Waals surface area contributed by atoms with E-state index in [4.69, 9.17) is 0 Å². The van der Waals surface area contributed by atoms with Crippen LogP contribution < -0.4 is 0 Å². The summed E-state index contributed by atoms with van der Waals surface area (Å²) in [6, 6.07) is 6.44. The van der Waals surface area contributed by atoms with Gasteiger partial charge in [-0.1, -0.05) is 25.5 Å². The molecule has 0 fully saturated rings. The van der Waals surface area contributed by atoms with Crippen molar-refractivity contribution in [2.24, 2.45) is 0 Å². The van der Waals surface area contributed by atoms with Crippen LogP contribution in [-0.2, 0) is 0 Å². The third-order valence-corrected chi connectivity index (χ3v) is 3.34. The van der Waals surface area contributed by atoms with E-state index < -0.39 is 5.82 Å². The number of hydrogen-bond acceptors (Lipinski definition) is 2. The van der Waals surface area contributed by atoms with E-state index in [1.807, 2.05) is 0 Å². The molecule has 106 valence electrons. The van der Waals surface area contributed by atoms with Gasteiger partial charge in [-0.15, -0.1) is 0 Å². The molecular weight excluding hydrogens is 255 g/mol. The highest BCUT2D eigenvalue weighted by atomic mass is 19.1. The van der Waals surface area contributed by atoms with E-state index in [0.717, 1.165) is 12.8 Å². The van der Waals surface area contributed by atoms with Gasteiger partial charge in [-0.05, 0) is 25.5 Å². The Hall–Kier alpha value is -1.97. The summed E-state index contributed by atoms with van der Waals surface area (Å²) in [6.45, 7) is 4.56. The Labute approximate surface area is 118 Å². The standard InChI is InChI=1S/C16H19FN2O/c1-4-5-9-19(3)16(20)13-10-11(2)18-15-12(13)7-6-8-14(15)17/h6-8,10H,4-5,9H2,1-3H3. The van der Waals surface area contributed by atoms with Gasteiger partial charge in [-0.2, -0.15) is 0 Å². The van der Waals surface area contributed by atoms with Crippen LogP contribution in [0.2, 0.25) is 0 Å². The third-order valence-electron chi connectivity index (χ3n) is 3.34. The van der Waals surface area contributed by atoms with Crippen LogP contribution in [0.1, 0.15) is 35.8 Å². The number of aryl methyl sites for hydroxylation is 1.